The standard InChI is InChI=1S/C26H34N4O2/c1-4-27-25(29-22-16-26(2,3)32-23-9-6-5-8-21(22)23)28-17-19-11-13-20(14-12-19)18-30-15-7-10-24(30)31/h5-6,8-9,11-14,22H,4,7,10,15-18H2,1-3H3,(H2,27,28,29). The second-order valence-corrected chi connectivity index (χ2v) is 9.23. The van der Waals surface area contributed by atoms with E-state index >= 15 is 0 Å². The number of para-hydroxylation sites is 1. The zero-order chi connectivity index (χ0) is 22.6. The van der Waals surface area contributed by atoms with Crippen LogP contribution in [0.4, 0.5) is 0 Å². The number of nitrogens with one attached hydrogen (secondary N) is 2. The minimum absolute atomic E-state index is 0.133. The third-order valence-corrected chi connectivity index (χ3v) is 6.02. The number of aliphatic imine (C=N–C) groups is 1. The molecule has 2 heterocycles. The summed E-state index contributed by atoms with van der Waals surface area (Å²) in [7, 11) is 0. The minimum atomic E-state index is -0.240. The van der Waals surface area contributed by atoms with Crippen molar-refractivity contribution in [1.82, 2.24) is 15.5 Å². The molecule has 2 aliphatic rings. The van der Waals surface area contributed by atoms with Crippen LogP contribution in [0.3, 0.4) is 0 Å². The van der Waals surface area contributed by atoms with Gasteiger partial charge in [-0.1, -0.05) is 42.5 Å². The van der Waals surface area contributed by atoms with E-state index in [1.165, 1.54) is 11.1 Å². The number of rotatable bonds is 6. The first-order valence-corrected chi connectivity index (χ1v) is 11.6. The topological polar surface area (TPSA) is 66.0 Å². The number of likely N-dealkylation sites (tertiary alicyclic amines) is 1. The summed E-state index contributed by atoms with van der Waals surface area (Å²) in [6.45, 7) is 9.28. The Morgan fingerprint density at radius 2 is 1.91 bits per heavy atom. The molecule has 0 saturated carbocycles. The van der Waals surface area contributed by atoms with Gasteiger partial charge in [0.05, 0.1) is 12.6 Å². The summed E-state index contributed by atoms with van der Waals surface area (Å²) >= 11 is 0. The third kappa shape index (κ3) is 5.42. The molecule has 6 nitrogen and oxygen atoms in total. The monoisotopic (exact) mass is 434 g/mol. The lowest BCUT2D eigenvalue weighted by Crippen LogP contribution is -2.45. The van der Waals surface area contributed by atoms with Crippen molar-refractivity contribution in [1.29, 1.82) is 0 Å². The number of guanidine groups is 1. The Hall–Kier alpha value is -3.02. The van der Waals surface area contributed by atoms with E-state index in [1.807, 2.05) is 17.0 Å². The van der Waals surface area contributed by atoms with Gasteiger partial charge in [0.15, 0.2) is 5.96 Å². The third-order valence-electron chi connectivity index (χ3n) is 6.02. The van der Waals surface area contributed by atoms with E-state index in [1.54, 1.807) is 0 Å². The van der Waals surface area contributed by atoms with Crippen molar-refractivity contribution in [3.63, 3.8) is 0 Å². The molecule has 0 radical (unpaired) electrons. The molecule has 1 amide bonds. The van der Waals surface area contributed by atoms with Gasteiger partial charge in [-0.25, -0.2) is 4.99 Å². The van der Waals surface area contributed by atoms with Crippen LogP contribution in [0.2, 0.25) is 0 Å². The van der Waals surface area contributed by atoms with Crippen LogP contribution in [-0.2, 0) is 17.9 Å². The van der Waals surface area contributed by atoms with E-state index in [-0.39, 0.29) is 17.6 Å². The second kappa shape index (κ2) is 9.63. The van der Waals surface area contributed by atoms with E-state index in [4.69, 9.17) is 9.73 Å². The normalized spacial score (nSPS) is 20.0. The van der Waals surface area contributed by atoms with Crippen LogP contribution in [0.15, 0.2) is 53.5 Å². The summed E-state index contributed by atoms with van der Waals surface area (Å²) in [6.07, 6.45) is 2.51. The molecule has 4 rings (SSSR count). The number of nitrogens with zero attached hydrogens (tertiary/aromatic N) is 2. The lowest BCUT2D eigenvalue weighted by atomic mass is 9.90. The lowest BCUT2D eigenvalue weighted by molar-refractivity contribution is -0.128. The number of fused-ring (bicyclic) bond motifs is 1. The first-order chi connectivity index (χ1) is 15.4. The average molecular weight is 435 g/mol. The highest BCUT2D eigenvalue weighted by Crippen LogP contribution is 2.39. The number of benzene rings is 2. The van der Waals surface area contributed by atoms with Crippen LogP contribution in [0.25, 0.3) is 0 Å². The Labute approximate surface area is 191 Å². The Bertz CT molecular complexity index is 968. The van der Waals surface area contributed by atoms with Crippen molar-refractivity contribution in [3.05, 3.63) is 65.2 Å². The van der Waals surface area contributed by atoms with Crippen LogP contribution in [0.5, 0.6) is 5.75 Å². The summed E-state index contributed by atoms with van der Waals surface area (Å²) < 4.78 is 6.16. The Balaban J connectivity index is 1.43. The van der Waals surface area contributed by atoms with E-state index in [0.29, 0.717) is 19.5 Å². The van der Waals surface area contributed by atoms with Crippen molar-refractivity contribution in [2.75, 3.05) is 13.1 Å². The van der Waals surface area contributed by atoms with Crippen molar-refractivity contribution in [2.24, 2.45) is 4.99 Å². The summed E-state index contributed by atoms with van der Waals surface area (Å²) in [5.74, 6) is 2.00. The fourth-order valence-corrected chi connectivity index (χ4v) is 4.43. The molecule has 1 saturated heterocycles. The lowest BCUT2D eigenvalue weighted by Gasteiger charge is -2.38. The van der Waals surface area contributed by atoms with Crippen molar-refractivity contribution in [3.8, 4) is 5.75 Å². The Morgan fingerprint density at radius 3 is 2.62 bits per heavy atom. The maximum Gasteiger partial charge on any atom is 0.222 e. The average Bonchev–Trinajstić information content (AvgIpc) is 3.16. The highest BCUT2D eigenvalue weighted by molar-refractivity contribution is 5.80. The number of carbonyl (C=O) groups excluding carboxylic acids is 1. The summed E-state index contributed by atoms with van der Waals surface area (Å²) in [6, 6.07) is 16.8. The summed E-state index contributed by atoms with van der Waals surface area (Å²) in [5, 5.41) is 6.99. The van der Waals surface area contributed by atoms with Crippen LogP contribution in [0, 0.1) is 0 Å². The zero-order valence-electron chi connectivity index (χ0n) is 19.4. The van der Waals surface area contributed by atoms with Gasteiger partial charge in [-0.2, -0.15) is 0 Å². The molecule has 1 fully saturated rings. The highest BCUT2D eigenvalue weighted by Gasteiger charge is 2.34. The largest absolute Gasteiger partial charge is 0.487 e. The SMILES string of the molecule is CCNC(=NCc1ccc(CN2CCCC2=O)cc1)NC1CC(C)(C)Oc2ccccc21. The molecule has 1 unspecified atom stereocenters. The predicted molar refractivity (Wildman–Crippen MR) is 128 cm³/mol. The van der Waals surface area contributed by atoms with Crippen molar-refractivity contribution >= 4 is 11.9 Å². The minimum Gasteiger partial charge on any atom is -0.487 e. The second-order valence-electron chi connectivity index (χ2n) is 9.23. The van der Waals surface area contributed by atoms with E-state index in [2.05, 4.69) is 67.8 Å². The molecule has 1 atom stereocenters. The summed E-state index contributed by atoms with van der Waals surface area (Å²) in [5.41, 5.74) is 3.24. The van der Waals surface area contributed by atoms with Crippen molar-refractivity contribution < 1.29 is 9.53 Å². The molecule has 2 N–H and O–H groups in total. The molecular formula is C26H34N4O2. The van der Waals surface area contributed by atoms with Gasteiger partial charge in [0.25, 0.3) is 0 Å². The molecule has 0 bridgehead atoms. The maximum atomic E-state index is 11.9. The molecule has 32 heavy (non-hydrogen) atoms. The Kier molecular flexibility index (Phi) is 6.68. The molecule has 0 aromatic heterocycles. The molecule has 2 aliphatic heterocycles. The number of carbonyl (C=O) groups is 1. The number of hydrogen-bond donors (Lipinski definition) is 2. The number of ether oxygens (including phenoxy) is 1. The van der Waals surface area contributed by atoms with Crippen LogP contribution in [0.1, 0.15) is 62.8 Å². The van der Waals surface area contributed by atoms with Gasteiger partial charge < -0.3 is 20.3 Å². The molecule has 2 aromatic rings. The smallest absolute Gasteiger partial charge is 0.222 e. The zero-order valence-corrected chi connectivity index (χ0v) is 19.4. The first-order valence-electron chi connectivity index (χ1n) is 11.6. The van der Waals surface area contributed by atoms with Gasteiger partial charge in [0, 0.05) is 38.0 Å². The molecule has 2 aromatic carbocycles. The molecular weight excluding hydrogens is 400 g/mol. The first kappa shape index (κ1) is 22.2. The van der Waals surface area contributed by atoms with Crippen LogP contribution in [-0.4, -0.2) is 35.5 Å². The Morgan fingerprint density at radius 1 is 1.16 bits per heavy atom. The fourth-order valence-electron chi connectivity index (χ4n) is 4.43. The molecule has 6 heteroatoms. The van der Waals surface area contributed by atoms with Crippen LogP contribution >= 0.6 is 0 Å². The molecule has 170 valence electrons. The highest BCUT2D eigenvalue weighted by atomic mass is 16.5. The van der Waals surface area contributed by atoms with Gasteiger partial charge in [-0.15, -0.1) is 0 Å². The fraction of sp³-hybridized carbons (Fsp3) is 0.462. The van der Waals surface area contributed by atoms with Gasteiger partial charge in [-0.3, -0.25) is 4.79 Å². The quantitative estimate of drug-likeness (QED) is 0.529. The van der Waals surface area contributed by atoms with Crippen molar-refractivity contribution in [2.45, 2.75) is 64.8 Å². The number of hydrogen-bond acceptors (Lipinski definition) is 3. The predicted octanol–water partition coefficient (Wildman–Crippen LogP) is 4.17. The molecule has 0 spiro atoms. The van der Waals surface area contributed by atoms with Gasteiger partial charge in [-0.05, 0) is 44.4 Å². The van der Waals surface area contributed by atoms with Gasteiger partial charge in [0.2, 0.25) is 5.91 Å². The summed E-state index contributed by atoms with van der Waals surface area (Å²) in [4.78, 5) is 18.6. The van der Waals surface area contributed by atoms with E-state index in [9.17, 15) is 4.79 Å². The van der Waals surface area contributed by atoms with Gasteiger partial charge in [0.1, 0.15) is 11.4 Å². The van der Waals surface area contributed by atoms with Gasteiger partial charge >= 0.3 is 0 Å². The number of amides is 1. The van der Waals surface area contributed by atoms with E-state index in [0.717, 1.165) is 43.2 Å². The van der Waals surface area contributed by atoms with E-state index < -0.39 is 0 Å². The molecule has 0 aliphatic carbocycles. The van der Waals surface area contributed by atoms with Crippen LogP contribution < -0.4 is 15.4 Å². The maximum absolute atomic E-state index is 11.9.